The van der Waals surface area contributed by atoms with Crippen LogP contribution in [0.15, 0.2) is 24.3 Å². The first-order chi connectivity index (χ1) is 8.36. The van der Waals surface area contributed by atoms with Crippen molar-refractivity contribution in [2.75, 3.05) is 11.1 Å². The Morgan fingerprint density at radius 2 is 1.78 bits per heavy atom. The summed E-state index contributed by atoms with van der Waals surface area (Å²) in [5.74, 6) is 2.05. The number of nitrogens with two attached hydrogens (primary N) is 1. The second kappa shape index (κ2) is 4.37. The third kappa shape index (κ3) is 2.64. The molecule has 4 heteroatoms. The molecule has 0 aliphatic carbocycles. The van der Waals surface area contributed by atoms with Gasteiger partial charge in [-0.2, -0.15) is 0 Å². The zero-order chi connectivity index (χ0) is 13.3. The number of anilines is 3. The predicted molar refractivity (Wildman–Crippen MR) is 76.2 cm³/mol. The van der Waals surface area contributed by atoms with Gasteiger partial charge in [-0.3, -0.25) is 0 Å². The van der Waals surface area contributed by atoms with E-state index in [1.807, 2.05) is 19.1 Å². The molecule has 0 unspecified atom stereocenters. The van der Waals surface area contributed by atoms with E-state index in [1.165, 1.54) is 5.56 Å². The van der Waals surface area contributed by atoms with Crippen LogP contribution in [-0.4, -0.2) is 9.97 Å². The maximum absolute atomic E-state index is 5.81. The van der Waals surface area contributed by atoms with Crippen molar-refractivity contribution in [3.63, 3.8) is 0 Å². The summed E-state index contributed by atoms with van der Waals surface area (Å²) in [6, 6.07) is 8.34. The molecule has 0 atom stereocenters. The smallest absolute Gasteiger partial charge is 0.173 e. The summed E-state index contributed by atoms with van der Waals surface area (Å²) in [5.41, 5.74) is 8.27. The molecule has 4 nitrogen and oxygen atoms in total. The molecule has 0 spiro atoms. The maximum Gasteiger partial charge on any atom is 0.173 e. The van der Waals surface area contributed by atoms with Gasteiger partial charge in [0.1, 0.15) is 11.6 Å². The fourth-order valence-electron chi connectivity index (χ4n) is 1.80. The van der Waals surface area contributed by atoms with E-state index < -0.39 is 0 Å². The number of hydrogen-bond acceptors (Lipinski definition) is 3. The largest absolute Gasteiger partial charge is 0.382 e. The Bertz CT molecular complexity index is 532. The first-order valence-electron chi connectivity index (χ1n) is 6.06. The molecular weight excluding hydrogens is 224 g/mol. The highest BCUT2D eigenvalue weighted by atomic mass is 15.1. The highest BCUT2D eigenvalue weighted by molar-refractivity contribution is 5.66. The molecule has 1 aromatic heterocycles. The molecule has 2 rings (SSSR count). The number of rotatable bonds is 2. The second-order valence-corrected chi connectivity index (χ2v) is 5.54. The SMILES string of the molecule is Cc1nc(Nc2ccc(C(C)(C)C)cc2)c(N)[nH]1. The summed E-state index contributed by atoms with van der Waals surface area (Å²) in [5, 5.41) is 3.20. The van der Waals surface area contributed by atoms with Crippen LogP contribution >= 0.6 is 0 Å². The minimum absolute atomic E-state index is 0.167. The molecule has 0 aliphatic heterocycles. The minimum Gasteiger partial charge on any atom is -0.382 e. The van der Waals surface area contributed by atoms with Crippen LogP contribution in [0, 0.1) is 6.92 Å². The van der Waals surface area contributed by atoms with Gasteiger partial charge < -0.3 is 16.0 Å². The number of nitrogens with zero attached hydrogens (tertiary/aromatic N) is 1. The molecule has 0 fully saturated rings. The highest BCUT2D eigenvalue weighted by Crippen LogP contribution is 2.25. The molecule has 2 aromatic rings. The molecule has 1 heterocycles. The van der Waals surface area contributed by atoms with E-state index in [2.05, 4.69) is 48.2 Å². The number of imidazole rings is 1. The fourth-order valence-corrected chi connectivity index (χ4v) is 1.80. The molecule has 0 bridgehead atoms. The van der Waals surface area contributed by atoms with Crippen molar-refractivity contribution in [2.24, 2.45) is 0 Å². The number of aromatic amines is 1. The van der Waals surface area contributed by atoms with Crippen molar-refractivity contribution in [1.29, 1.82) is 0 Å². The first-order valence-corrected chi connectivity index (χ1v) is 6.06. The van der Waals surface area contributed by atoms with Gasteiger partial charge in [-0.05, 0) is 30.0 Å². The Hall–Kier alpha value is -1.97. The summed E-state index contributed by atoms with van der Waals surface area (Å²) < 4.78 is 0. The Morgan fingerprint density at radius 3 is 2.22 bits per heavy atom. The van der Waals surface area contributed by atoms with E-state index in [1.54, 1.807) is 0 Å². The Morgan fingerprint density at radius 1 is 1.17 bits per heavy atom. The molecule has 96 valence electrons. The average Bonchev–Trinajstić information content (AvgIpc) is 2.57. The molecule has 0 aliphatic rings. The number of nitrogens with one attached hydrogen (secondary N) is 2. The van der Waals surface area contributed by atoms with Crippen LogP contribution < -0.4 is 11.1 Å². The molecule has 0 saturated heterocycles. The fraction of sp³-hybridized carbons (Fsp3) is 0.357. The van der Waals surface area contributed by atoms with Crippen molar-refractivity contribution in [2.45, 2.75) is 33.1 Å². The average molecular weight is 244 g/mol. The predicted octanol–water partition coefficient (Wildman–Crippen LogP) is 3.34. The van der Waals surface area contributed by atoms with Gasteiger partial charge in [0.25, 0.3) is 0 Å². The summed E-state index contributed by atoms with van der Waals surface area (Å²) in [6.45, 7) is 8.48. The van der Waals surface area contributed by atoms with E-state index in [0.717, 1.165) is 11.5 Å². The Labute approximate surface area is 108 Å². The van der Waals surface area contributed by atoms with Gasteiger partial charge in [-0.1, -0.05) is 32.9 Å². The molecule has 4 N–H and O–H groups in total. The van der Waals surface area contributed by atoms with Gasteiger partial charge in [0.15, 0.2) is 5.82 Å². The summed E-state index contributed by atoms with van der Waals surface area (Å²) in [4.78, 5) is 7.25. The monoisotopic (exact) mass is 244 g/mol. The molecular formula is C14H20N4. The normalized spacial score (nSPS) is 11.6. The standard InChI is InChI=1S/C14H20N4/c1-9-16-12(15)13(17-9)18-11-7-5-10(6-8-11)14(2,3)4/h5-8,18H,15H2,1-4H3,(H,16,17). The zero-order valence-corrected chi connectivity index (χ0v) is 11.3. The van der Waals surface area contributed by atoms with E-state index in [4.69, 9.17) is 5.73 Å². The van der Waals surface area contributed by atoms with Crippen molar-refractivity contribution < 1.29 is 0 Å². The van der Waals surface area contributed by atoms with Crippen molar-refractivity contribution in [3.8, 4) is 0 Å². The lowest BCUT2D eigenvalue weighted by atomic mass is 9.87. The van der Waals surface area contributed by atoms with Gasteiger partial charge in [-0.25, -0.2) is 4.98 Å². The first kappa shape index (κ1) is 12.5. The van der Waals surface area contributed by atoms with Gasteiger partial charge in [-0.15, -0.1) is 0 Å². The lowest BCUT2D eigenvalue weighted by molar-refractivity contribution is 0.590. The summed E-state index contributed by atoms with van der Waals surface area (Å²) in [6.07, 6.45) is 0. The topological polar surface area (TPSA) is 66.7 Å². The van der Waals surface area contributed by atoms with Crippen molar-refractivity contribution >= 4 is 17.3 Å². The van der Waals surface area contributed by atoms with Crippen LogP contribution in [0.3, 0.4) is 0 Å². The van der Waals surface area contributed by atoms with Crippen LogP contribution in [-0.2, 0) is 5.41 Å². The third-order valence-corrected chi connectivity index (χ3v) is 2.86. The maximum atomic E-state index is 5.81. The van der Waals surface area contributed by atoms with E-state index in [-0.39, 0.29) is 5.41 Å². The van der Waals surface area contributed by atoms with Gasteiger partial charge in [0, 0.05) is 5.69 Å². The van der Waals surface area contributed by atoms with Crippen LogP contribution in [0.5, 0.6) is 0 Å². The zero-order valence-electron chi connectivity index (χ0n) is 11.3. The van der Waals surface area contributed by atoms with Crippen LogP contribution in [0.25, 0.3) is 0 Å². The number of nitrogen functional groups attached to an aromatic ring is 1. The van der Waals surface area contributed by atoms with Crippen LogP contribution in [0.2, 0.25) is 0 Å². The van der Waals surface area contributed by atoms with Gasteiger partial charge in [0.2, 0.25) is 0 Å². The van der Waals surface area contributed by atoms with Gasteiger partial charge >= 0.3 is 0 Å². The second-order valence-electron chi connectivity index (χ2n) is 5.54. The summed E-state index contributed by atoms with van der Waals surface area (Å²) >= 11 is 0. The number of hydrogen-bond donors (Lipinski definition) is 3. The van der Waals surface area contributed by atoms with Crippen molar-refractivity contribution in [1.82, 2.24) is 9.97 Å². The minimum atomic E-state index is 0.167. The number of aromatic nitrogens is 2. The lowest BCUT2D eigenvalue weighted by Gasteiger charge is -2.19. The molecule has 1 aromatic carbocycles. The van der Waals surface area contributed by atoms with Crippen LogP contribution in [0.4, 0.5) is 17.3 Å². The Balaban J connectivity index is 2.18. The highest BCUT2D eigenvalue weighted by Gasteiger charge is 2.13. The van der Waals surface area contributed by atoms with E-state index >= 15 is 0 Å². The number of aryl methyl sites for hydroxylation is 1. The number of benzene rings is 1. The third-order valence-electron chi connectivity index (χ3n) is 2.86. The molecule has 18 heavy (non-hydrogen) atoms. The Kier molecular flexibility index (Phi) is 3.03. The van der Waals surface area contributed by atoms with E-state index in [9.17, 15) is 0 Å². The molecule has 0 radical (unpaired) electrons. The quantitative estimate of drug-likeness (QED) is 0.759. The lowest BCUT2D eigenvalue weighted by Crippen LogP contribution is -2.10. The van der Waals surface area contributed by atoms with Crippen molar-refractivity contribution in [3.05, 3.63) is 35.7 Å². The summed E-state index contributed by atoms with van der Waals surface area (Å²) in [7, 11) is 0. The molecule has 0 saturated carbocycles. The van der Waals surface area contributed by atoms with Gasteiger partial charge in [0.05, 0.1) is 0 Å². The number of H-pyrrole nitrogens is 1. The molecule has 0 amide bonds. The van der Waals surface area contributed by atoms with E-state index in [0.29, 0.717) is 11.6 Å². The van der Waals surface area contributed by atoms with Crippen LogP contribution in [0.1, 0.15) is 32.2 Å².